The first-order chi connectivity index (χ1) is 38.2. The molecule has 0 aliphatic heterocycles. The smallest absolute Gasteiger partial charge is 0.266 e. The number of rotatable bonds is 33. The summed E-state index contributed by atoms with van der Waals surface area (Å²) in [7, 11) is -32.3. The molecule has 0 spiro atoms. The molecule has 3 atom stereocenters. The SMILES string of the molecule is C=C(C)C(=O)NCCCNC(=O)C(CS(=O)(=O)O)NS(=O)(=O)c1cc(O)c2ccc3c(S(=O)(=O)NC(CS(=O)(=O)O)C(=O)NCCCNC(=O)C(=C)C)cc(S(=O)(=O)NC(CS(=O)(=O)O)C(=O)NCCCNC(=O)C(=C)C)c4ccc1c2c34. The van der Waals surface area contributed by atoms with Gasteiger partial charge < -0.3 is 37.0 Å². The summed E-state index contributed by atoms with van der Waals surface area (Å²) in [6.45, 7) is 13.4. The first-order valence-electron chi connectivity index (χ1n) is 24.2. The Morgan fingerprint density at radius 3 is 0.916 bits per heavy atom. The van der Waals surface area contributed by atoms with Crippen molar-refractivity contribution in [2.45, 2.75) is 72.8 Å². The number of sulfonamides is 3. The molecule has 0 aliphatic carbocycles. The predicted octanol–water partition coefficient (Wildman–Crippen LogP) is -2.51. The topological polar surface area (TPSA) is 496 Å². The fraction of sp³-hybridized carbons (Fsp3) is 0.391. The maximum atomic E-state index is 14.8. The molecule has 0 fully saturated rings. The lowest BCUT2D eigenvalue weighted by molar-refractivity contribution is -0.123. The van der Waals surface area contributed by atoms with Gasteiger partial charge in [0.25, 0.3) is 30.4 Å². The van der Waals surface area contributed by atoms with Crippen molar-refractivity contribution < 1.29 is 98.0 Å². The number of hydrogen-bond acceptors (Lipinski definition) is 19. The third kappa shape index (κ3) is 19.7. The van der Waals surface area contributed by atoms with E-state index in [1.807, 2.05) is 4.72 Å². The highest BCUT2D eigenvalue weighted by Gasteiger charge is 2.37. The van der Waals surface area contributed by atoms with Crippen molar-refractivity contribution in [2.75, 3.05) is 56.5 Å². The van der Waals surface area contributed by atoms with Crippen LogP contribution in [0.4, 0.5) is 0 Å². The summed E-state index contributed by atoms with van der Waals surface area (Å²) in [4.78, 5) is 72.7. The minimum absolute atomic E-state index is 0.0130. The standard InChI is InChI=1S/C46H61N9O22S6/c1-25(2)41(57)47-14-7-17-50-44(60)32(22-78(63,64)65)53-81(72,73)36-20-35(56)28-10-11-30-37(82(74,75)54-33(23-79(66,67)68)45(61)51-18-8-15-48-42(58)26(3)4)21-38(31-13-12-29(36)39(28)40(30)31)83(76,77)55-34(24-80(69,70)71)46(62)52-19-9-16-49-43(59)27(5)6/h10-13,20-21,32-34,53-56H,1,3,5,7-9,14-19,22-24H2,2,4,6H3,(H,47,57)(H,48,58)(H,49,59)(H,50,60)(H,51,61)(H,52,62)(H,63,64,65)(H,66,67,68)(H,69,70,71). The van der Waals surface area contributed by atoms with Crippen LogP contribution < -0.4 is 46.1 Å². The summed E-state index contributed by atoms with van der Waals surface area (Å²) < 4.78 is 196. The highest BCUT2D eigenvalue weighted by atomic mass is 32.2. The van der Waals surface area contributed by atoms with E-state index < -0.39 is 179 Å². The molecule has 0 saturated heterocycles. The molecule has 4 aromatic rings. The fourth-order valence-corrected chi connectivity index (χ4v) is 14.4. The van der Waals surface area contributed by atoms with Crippen molar-refractivity contribution in [3.05, 3.63) is 72.9 Å². The summed E-state index contributed by atoms with van der Waals surface area (Å²) in [6, 6.07) is -2.48. The van der Waals surface area contributed by atoms with E-state index in [0.29, 0.717) is 12.1 Å². The Kier molecular flexibility index (Phi) is 23.0. The summed E-state index contributed by atoms with van der Waals surface area (Å²) in [5.41, 5.74) is 0.418. The number of phenols is 1. The second-order valence-electron chi connectivity index (χ2n) is 18.6. The van der Waals surface area contributed by atoms with Gasteiger partial charge in [0.15, 0.2) is 0 Å². The van der Waals surface area contributed by atoms with Crippen molar-refractivity contribution in [1.82, 2.24) is 46.1 Å². The minimum Gasteiger partial charge on any atom is -0.507 e. The Labute approximate surface area is 477 Å². The highest BCUT2D eigenvalue weighted by Crippen LogP contribution is 2.45. The van der Waals surface area contributed by atoms with Crippen LogP contribution in [0, 0.1) is 0 Å². The normalized spacial score (nSPS) is 13.6. The monoisotopic (exact) mass is 1280 g/mol. The molecule has 3 unspecified atom stereocenters. The lowest BCUT2D eigenvalue weighted by Crippen LogP contribution is -2.51. The second-order valence-corrected chi connectivity index (χ2v) is 28.2. The molecule has 0 bridgehead atoms. The number of carbonyl (C=O) groups is 6. The van der Waals surface area contributed by atoms with Crippen LogP contribution in [0.1, 0.15) is 40.0 Å². The Hall–Kier alpha value is -6.78. The molecule has 6 amide bonds. The highest BCUT2D eigenvalue weighted by molar-refractivity contribution is 7.91. The number of carbonyl (C=O) groups excluding carboxylic acids is 6. The Balaban J connectivity index is 1.98. The molecular formula is C46H61N9O22S6. The van der Waals surface area contributed by atoms with Crippen molar-refractivity contribution in [3.8, 4) is 5.75 Å². The van der Waals surface area contributed by atoms with Gasteiger partial charge in [-0.2, -0.15) is 39.4 Å². The Morgan fingerprint density at radius 1 is 0.410 bits per heavy atom. The van der Waals surface area contributed by atoms with E-state index in [-0.39, 0.29) is 80.6 Å². The van der Waals surface area contributed by atoms with Crippen LogP contribution >= 0.6 is 0 Å². The van der Waals surface area contributed by atoms with Gasteiger partial charge in [0.2, 0.25) is 65.5 Å². The first-order valence-corrected chi connectivity index (χ1v) is 33.5. The Morgan fingerprint density at radius 2 is 0.651 bits per heavy atom. The summed E-state index contributed by atoms with van der Waals surface area (Å²) in [5.74, 6) is -11.6. The van der Waals surface area contributed by atoms with E-state index in [1.54, 1.807) is 9.44 Å². The number of benzene rings is 4. The van der Waals surface area contributed by atoms with Gasteiger partial charge in [0.05, 0.1) is 14.7 Å². The number of hydrogen-bond donors (Lipinski definition) is 13. The lowest BCUT2D eigenvalue weighted by atomic mass is 9.94. The van der Waals surface area contributed by atoms with Crippen molar-refractivity contribution in [3.63, 3.8) is 0 Å². The average molecular weight is 1280 g/mol. The van der Waals surface area contributed by atoms with Gasteiger partial charge in [0, 0.05) is 94.4 Å². The third-order valence-corrected chi connectivity index (χ3v) is 18.4. The van der Waals surface area contributed by atoms with Gasteiger partial charge in [-0.25, -0.2) is 25.3 Å². The van der Waals surface area contributed by atoms with Crippen LogP contribution in [0.25, 0.3) is 32.3 Å². The molecule has 31 nitrogen and oxygen atoms in total. The van der Waals surface area contributed by atoms with Gasteiger partial charge in [-0.05, 0) is 52.2 Å². The maximum absolute atomic E-state index is 14.8. The van der Waals surface area contributed by atoms with Crippen LogP contribution in [0.3, 0.4) is 0 Å². The zero-order valence-corrected chi connectivity index (χ0v) is 49.3. The quantitative estimate of drug-likeness (QED) is 0.0101. The van der Waals surface area contributed by atoms with E-state index in [4.69, 9.17) is 0 Å². The molecule has 458 valence electrons. The zero-order valence-electron chi connectivity index (χ0n) is 44.4. The van der Waals surface area contributed by atoms with Crippen molar-refractivity contribution >= 4 is 128 Å². The largest absolute Gasteiger partial charge is 0.507 e. The summed E-state index contributed by atoms with van der Waals surface area (Å²) >= 11 is 0. The Bertz CT molecular complexity index is 3830. The van der Waals surface area contributed by atoms with Crippen LogP contribution in [0.5, 0.6) is 5.75 Å². The first kappa shape index (κ1) is 68.7. The van der Waals surface area contributed by atoms with Crippen LogP contribution in [-0.2, 0) is 89.2 Å². The van der Waals surface area contributed by atoms with Crippen LogP contribution in [-0.4, -0.2) is 179 Å². The van der Waals surface area contributed by atoms with Crippen molar-refractivity contribution in [1.29, 1.82) is 0 Å². The number of amides is 6. The van der Waals surface area contributed by atoms with Gasteiger partial charge in [-0.1, -0.05) is 37.9 Å². The molecule has 4 aromatic carbocycles. The lowest BCUT2D eigenvalue weighted by Gasteiger charge is -2.23. The van der Waals surface area contributed by atoms with Crippen molar-refractivity contribution in [2.24, 2.45) is 0 Å². The van der Waals surface area contributed by atoms with Gasteiger partial charge >= 0.3 is 0 Å². The van der Waals surface area contributed by atoms with E-state index in [0.717, 1.165) is 24.3 Å². The van der Waals surface area contributed by atoms with Gasteiger partial charge in [-0.15, -0.1) is 0 Å². The molecule has 0 aromatic heterocycles. The third-order valence-electron chi connectivity index (χ3n) is 11.6. The van der Waals surface area contributed by atoms with E-state index in [1.165, 1.54) is 20.8 Å². The summed E-state index contributed by atoms with van der Waals surface area (Å²) in [5, 5.41) is 22.4. The van der Waals surface area contributed by atoms with E-state index in [2.05, 4.69) is 51.6 Å². The summed E-state index contributed by atoms with van der Waals surface area (Å²) in [6.07, 6.45) is -0.0494. The fourth-order valence-electron chi connectivity index (χ4n) is 7.75. The average Bonchev–Trinajstić information content (AvgIpc) is 1.54. The predicted molar refractivity (Wildman–Crippen MR) is 300 cm³/mol. The van der Waals surface area contributed by atoms with Crippen LogP contribution in [0.2, 0.25) is 0 Å². The molecule has 13 N–H and O–H groups in total. The number of nitrogens with one attached hydrogen (secondary N) is 9. The number of aromatic hydroxyl groups is 1. The van der Waals surface area contributed by atoms with E-state index in [9.17, 15) is 98.0 Å². The van der Waals surface area contributed by atoms with Crippen LogP contribution in [0.15, 0.2) is 87.5 Å². The molecule has 0 saturated carbocycles. The molecule has 0 radical (unpaired) electrons. The molecule has 83 heavy (non-hydrogen) atoms. The maximum Gasteiger partial charge on any atom is 0.266 e. The second kappa shape index (κ2) is 27.7. The molecule has 4 rings (SSSR count). The molecular weight excluding hydrogens is 1220 g/mol. The number of phenolic OH excluding ortho intramolecular Hbond substituents is 1. The molecule has 0 aliphatic rings. The zero-order chi connectivity index (χ0) is 62.8. The minimum atomic E-state index is -5.59. The van der Waals surface area contributed by atoms with Gasteiger partial charge in [-0.3, -0.25) is 42.4 Å². The van der Waals surface area contributed by atoms with Gasteiger partial charge in [0.1, 0.15) is 41.1 Å². The molecule has 0 heterocycles. The molecule has 37 heteroatoms. The van der Waals surface area contributed by atoms with E-state index >= 15 is 0 Å².